The van der Waals surface area contributed by atoms with E-state index in [2.05, 4.69) is 17.2 Å². The summed E-state index contributed by atoms with van der Waals surface area (Å²) < 4.78 is 2.67. The van der Waals surface area contributed by atoms with E-state index in [1.807, 2.05) is 11.4 Å². The normalized spacial score (nSPS) is 21.0. The van der Waals surface area contributed by atoms with Crippen LogP contribution in [-0.2, 0) is 11.3 Å². The lowest BCUT2D eigenvalue weighted by atomic mass is 9.86. The van der Waals surface area contributed by atoms with E-state index in [0.29, 0.717) is 40.8 Å². The number of hydrogen-bond donors (Lipinski definition) is 2. The summed E-state index contributed by atoms with van der Waals surface area (Å²) in [5.41, 5.74) is 0.723. The molecule has 0 bridgehead atoms. The molecule has 2 heterocycles. The minimum absolute atomic E-state index is 0.0648. The van der Waals surface area contributed by atoms with Gasteiger partial charge < -0.3 is 10.3 Å². The highest BCUT2D eigenvalue weighted by atomic mass is 32.1. The molecule has 1 aliphatic carbocycles. The van der Waals surface area contributed by atoms with Gasteiger partial charge in [-0.2, -0.15) is 0 Å². The van der Waals surface area contributed by atoms with Gasteiger partial charge in [0.25, 0.3) is 5.56 Å². The summed E-state index contributed by atoms with van der Waals surface area (Å²) in [6.07, 6.45) is 5.76. The first-order chi connectivity index (χ1) is 11.6. The zero-order valence-corrected chi connectivity index (χ0v) is 15.5. The summed E-state index contributed by atoms with van der Waals surface area (Å²) in [7, 11) is 0. The largest absolute Gasteiger partial charge is 0.353 e. The number of nitrogens with one attached hydrogen (secondary N) is 2. The average molecular weight is 366 g/mol. The number of fused-ring (bicyclic) bond motifs is 1. The Morgan fingerprint density at radius 3 is 3.04 bits per heavy atom. The van der Waals surface area contributed by atoms with Gasteiger partial charge in [0.05, 0.1) is 5.52 Å². The SMILES string of the molecule is C[C@@H]1CCCC[C@@H]1NC(=O)CCCn1c(=S)[nH]c2ccsc2c1=O. The molecule has 2 atom stereocenters. The molecule has 0 aromatic carbocycles. The fourth-order valence-electron chi connectivity index (χ4n) is 3.38. The van der Waals surface area contributed by atoms with Crippen LogP contribution >= 0.6 is 23.6 Å². The number of carbonyl (C=O) groups is 1. The number of aromatic nitrogens is 2. The van der Waals surface area contributed by atoms with Crippen molar-refractivity contribution < 1.29 is 4.79 Å². The molecule has 24 heavy (non-hydrogen) atoms. The monoisotopic (exact) mass is 365 g/mol. The lowest BCUT2D eigenvalue weighted by Gasteiger charge is -2.29. The van der Waals surface area contributed by atoms with Crippen LogP contribution in [0.5, 0.6) is 0 Å². The molecule has 5 nitrogen and oxygen atoms in total. The lowest BCUT2D eigenvalue weighted by molar-refractivity contribution is -0.122. The van der Waals surface area contributed by atoms with Crippen LogP contribution in [0.3, 0.4) is 0 Å². The van der Waals surface area contributed by atoms with Crippen molar-refractivity contribution in [3.63, 3.8) is 0 Å². The van der Waals surface area contributed by atoms with Gasteiger partial charge >= 0.3 is 0 Å². The molecule has 7 heteroatoms. The minimum Gasteiger partial charge on any atom is -0.353 e. The van der Waals surface area contributed by atoms with Crippen molar-refractivity contribution in [2.45, 2.75) is 58.0 Å². The molecule has 0 spiro atoms. The van der Waals surface area contributed by atoms with Crippen LogP contribution in [0.2, 0.25) is 0 Å². The van der Waals surface area contributed by atoms with Crippen LogP contribution < -0.4 is 10.9 Å². The molecule has 1 fully saturated rings. The Morgan fingerprint density at radius 2 is 2.25 bits per heavy atom. The molecule has 2 N–H and O–H groups in total. The highest BCUT2D eigenvalue weighted by Gasteiger charge is 2.22. The Labute approximate surface area is 150 Å². The first-order valence-electron chi connectivity index (χ1n) is 8.56. The molecule has 0 aliphatic heterocycles. The molecule has 0 radical (unpaired) electrons. The van der Waals surface area contributed by atoms with Crippen LogP contribution in [0, 0.1) is 10.7 Å². The molecule has 1 aliphatic rings. The van der Waals surface area contributed by atoms with E-state index in [1.165, 1.54) is 30.6 Å². The van der Waals surface area contributed by atoms with Gasteiger partial charge in [0.2, 0.25) is 5.91 Å². The topological polar surface area (TPSA) is 66.9 Å². The van der Waals surface area contributed by atoms with E-state index >= 15 is 0 Å². The van der Waals surface area contributed by atoms with Gasteiger partial charge in [0, 0.05) is 19.0 Å². The van der Waals surface area contributed by atoms with Gasteiger partial charge in [0.15, 0.2) is 4.77 Å². The summed E-state index contributed by atoms with van der Waals surface area (Å²) in [6, 6.07) is 2.17. The van der Waals surface area contributed by atoms with Gasteiger partial charge in [0.1, 0.15) is 4.70 Å². The van der Waals surface area contributed by atoms with Crippen molar-refractivity contribution >= 4 is 39.7 Å². The van der Waals surface area contributed by atoms with Crippen LogP contribution in [-0.4, -0.2) is 21.5 Å². The zero-order valence-electron chi connectivity index (χ0n) is 13.8. The third kappa shape index (κ3) is 3.78. The standard InChI is InChI=1S/C17H23N3O2S2/c1-11-5-2-3-6-12(11)18-14(21)7-4-9-20-16(22)15-13(8-10-24-15)19-17(20)23/h8,10-12H,2-7,9H2,1H3,(H,18,21)(H,19,23)/t11-,12+/m1/s1. The Kier molecular flexibility index (Phi) is 5.50. The average Bonchev–Trinajstić information content (AvgIpc) is 3.01. The predicted octanol–water partition coefficient (Wildman–Crippen LogP) is 3.60. The van der Waals surface area contributed by atoms with E-state index in [-0.39, 0.29) is 11.5 Å². The predicted molar refractivity (Wildman–Crippen MR) is 100 cm³/mol. The third-order valence-electron chi connectivity index (χ3n) is 4.83. The lowest BCUT2D eigenvalue weighted by Crippen LogP contribution is -2.41. The summed E-state index contributed by atoms with van der Waals surface area (Å²) in [5, 5.41) is 5.03. The number of amides is 1. The Balaban J connectivity index is 1.57. The fraction of sp³-hybridized carbons (Fsp3) is 0.588. The Hall–Kier alpha value is -1.47. The van der Waals surface area contributed by atoms with Crippen molar-refractivity contribution in [2.75, 3.05) is 0 Å². The quantitative estimate of drug-likeness (QED) is 0.796. The molecular weight excluding hydrogens is 342 g/mol. The molecule has 0 saturated heterocycles. The van der Waals surface area contributed by atoms with Gasteiger partial charge in [-0.1, -0.05) is 19.8 Å². The maximum absolute atomic E-state index is 12.4. The number of thiophene rings is 1. The van der Waals surface area contributed by atoms with Gasteiger partial charge in [-0.15, -0.1) is 11.3 Å². The first-order valence-corrected chi connectivity index (χ1v) is 9.84. The second kappa shape index (κ2) is 7.61. The molecule has 1 saturated carbocycles. The maximum atomic E-state index is 12.4. The van der Waals surface area contributed by atoms with Crippen molar-refractivity contribution in [3.8, 4) is 0 Å². The van der Waals surface area contributed by atoms with E-state index in [0.717, 1.165) is 11.9 Å². The molecule has 2 aromatic heterocycles. The van der Waals surface area contributed by atoms with E-state index < -0.39 is 0 Å². The van der Waals surface area contributed by atoms with E-state index in [4.69, 9.17) is 12.2 Å². The molecule has 1 amide bonds. The number of carbonyl (C=O) groups excluding carboxylic acids is 1. The number of nitrogens with zero attached hydrogens (tertiary/aromatic N) is 1. The number of rotatable bonds is 5. The van der Waals surface area contributed by atoms with Crippen LogP contribution in [0.15, 0.2) is 16.2 Å². The highest BCUT2D eigenvalue weighted by Crippen LogP contribution is 2.23. The number of H-pyrrole nitrogens is 1. The summed E-state index contributed by atoms with van der Waals surface area (Å²) in [5.74, 6) is 0.634. The number of aromatic amines is 1. The van der Waals surface area contributed by atoms with Crippen LogP contribution in [0.4, 0.5) is 0 Å². The molecule has 3 rings (SSSR count). The second-order valence-electron chi connectivity index (χ2n) is 6.59. The van der Waals surface area contributed by atoms with E-state index in [1.54, 1.807) is 4.57 Å². The Morgan fingerprint density at radius 1 is 1.46 bits per heavy atom. The fourth-order valence-corrected chi connectivity index (χ4v) is 4.46. The smallest absolute Gasteiger partial charge is 0.272 e. The minimum atomic E-state index is -0.0648. The molecule has 2 aromatic rings. The van der Waals surface area contributed by atoms with Gasteiger partial charge in [-0.05, 0) is 48.8 Å². The van der Waals surface area contributed by atoms with Crippen molar-refractivity contribution in [1.82, 2.24) is 14.9 Å². The molecule has 130 valence electrons. The Bertz CT molecular complexity index is 836. The number of hydrogen-bond acceptors (Lipinski definition) is 4. The molecular formula is C17H23N3O2S2. The third-order valence-corrected chi connectivity index (χ3v) is 6.06. The van der Waals surface area contributed by atoms with Crippen LogP contribution in [0.1, 0.15) is 45.4 Å². The van der Waals surface area contributed by atoms with Crippen LogP contribution in [0.25, 0.3) is 10.2 Å². The second-order valence-corrected chi connectivity index (χ2v) is 7.89. The summed E-state index contributed by atoms with van der Waals surface area (Å²) in [4.78, 5) is 27.7. The van der Waals surface area contributed by atoms with Crippen molar-refractivity contribution in [2.24, 2.45) is 5.92 Å². The first kappa shape index (κ1) is 17.4. The zero-order chi connectivity index (χ0) is 17.1. The highest BCUT2D eigenvalue weighted by molar-refractivity contribution is 7.71. The molecule has 0 unspecified atom stereocenters. The van der Waals surface area contributed by atoms with E-state index in [9.17, 15) is 9.59 Å². The summed E-state index contributed by atoms with van der Waals surface area (Å²) in [6.45, 7) is 2.68. The van der Waals surface area contributed by atoms with Crippen molar-refractivity contribution in [1.29, 1.82) is 0 Å². The summed E-state index contributed by atoms with van der Waals surface area (Å²) >= 11 is 6.68. The van der Waals surface area contributed by atoms with Gasteiger partial charge in [-0.25, -0.2) is 0 Å². The van der Waals surface area contributed by atoms with Crippen molar-refractivity contribution in [3.05, 3.63) is 26.6 Å². The van der Waals surface area contributed by atoms with Gasteiger partial charge in [-0.3, -0.25) is 14.2 Å². The maximum Gasteiger partial charge on any atom is 0.272 e.